The average molecular weight is 448 g/mol. The summed E-state index contributed by atoms with van der Waals surface area (Å²) >= 11 is 0. The zero-order chi connectivity index (χ0) is 23.6. The van der Waals surface area contributed by atoms with Crippen LogP contribution in [0.5, 0.6) is 0 Å². The van der Waals surface area contributed by atoms with Crippen LogP contribution in [0.4, 0.5) is 14.9 Å². The Morgan fingerprint density at radius 3 is 2.52 bits per heavy atom. The smallest absolute Gasteiger partial charge is 0.322 e. The average Bonchev–Trinajstić information content (AvgIpc) is 3.33. The molecule has 170 valence electrons. The number of furan rings is 1. The number of nitrogens with zero attached hydrogens (tertiary/aromatic N) is 3. The molecule has 0 aliphatic heterocycles. The van der Waals surface area contributed by atoms with Crippen LogP contribution in [0.3, 0.4) is 0 Å². The molecule has 0 spiro atoms. The van der Waals surface area contributed by atoms with Gasteiger partial charge in [0.2, 0.25) is 5.91 Å². The first kappa shape index (κ1) is 23.5. The number of hydrogen-bond donors (Lipinski definition) is 1. The maximum Gasteiger partial charge on any atom is 0.322 e. The molecule has 33 heavy (non-hydrogen) atoms. The Kier molecular flexibility index (Phi) is 8.19. The van der Waals surface area contributed by atoms with E-state index in [2.05, 4.69) is 5.32 Å². The molecule has 0 fully saturated rings. The van der Waals surface area contributed by atoms with Crippen molar-refractivity contribution in [1.29, 1.82) is 5.26 Å². The molecule has 3 aromatic rings. The summed E-state index contributed by atoms with van der Waals surface area (Å²) in [6.45, 7) is 2.61. The number of carbonyl (C=O) groups is 2. The van der Waals surface area contributed by atoms with Crippen molar-refractivity contribution in [3.63, 3.8) is 0 Å². The molecule has 1 N–H and O–H groups in total. The molecule has 0 saturated heterocycles. The Hall–Kier alpha value is -4.12. The minimum Gasteiger partial charge on any atom is -0.467 e. The van der Waals surface area contributed by atoms with Crippen molar-refractivity contribution in [2.24, 2.45) is 0 Å². The van der Waals surface area contributed by atoms with Crippen LogP contribution in [0.15, 0.2) is 71.3 Å². The van der Waals surface area contributed by atoms with Crippen molar-refractivity contribution in [2.75, 3.05) is 18.4 Å². The lowest BCUT2D eigenvalue weighted by molar-refractivity contribution is -0.133. The molecule has 1 heterocycles. The third-order valence-electron chi connectivity index (χ3n) is 4.92. The molecule has 1 aromatic heterocycles. The molecule has 0 radical (unpaired) electrons. The van der Waals surface area contributed by atoms with Crippen LogP contribution in [-0.2, 0) is 17.9 Å². The highest BCUT2D eigenvalue weighted by Crippen LogP contribution is 2.14. The quantitative estimate of drug-likeness (QED) is 0.511. The molecule has 0 unspecified atom stereocenters. The SMILES string of the molecule is CCCN(CC(=O)N(Cc1ccc(F)cc1)Cc1ccco1)C(=O)Nc1cccc(C#N)c1. The highest BCUT2D eigenvalue weighted by molar-refractivity contribution is 5.92. The fourth-order valence-corrected chi connectivity index (χ4v) is 3.29. The molecule has 0 bridgehead atoms. The van der Waals surface area contributed by atoms with Gasteiger partial charge in [0.1, 0.15) is 18.1 Å². The van der Waals surface area contributed by atoms with E-state index in [1.54, 1.807) is 53.4 Å². The molecule has 0 aliphatic rings. The first-order chi connectivity index (χ1) is 16.0. The van der Waals surface area contributed by atoms with Crippen LogP contribution in [0.1, 0.15) is 30.2 Å². The minimum atomic E-state index is -0.431. The topological polar surface area (TPSA) is 89.6 Å². The summed E-state index contributed by atoms with van der Waals surface area (Å²) < 4.78 is 18.7. The van der Waals surface area contributed by atoms with Crippen molar-refractivity contribution >= 4 is 17.6 Å². The van der Waals surface area contributed by atoms with Gasteiger partial charge < -0.3 is 19.5 Å². The first-order valence-corrected chi connectivity index (χ1v) is 10.6. The third-order valence-corrected chi connectivity index (χ3v) is 4.92. The van der Waals surface area contributed by atoms with Gasteiger partial charge in [0, 0.05) is 18.8 Å². The van der Waals surface area contributed by atoms with Crippen LogP contribution in [0.2, 0.25) is 0 Å². The summed E-state index contributed by atoms with van der Waals surface area (Å²) in [5, 5.41) is 11.8. The van der Waals surface area contributed by atoms with E-state index in [9.17, 15) is 14.0 Å². The summed E-state index contributed by atoms with van der Waals surface area (Å²) in [4.78, 5) is 29.1. The van der Waals surface area contributed by atoms with Gasteiger partial charge in [-0.25, -0.2) is 9.18 Å². The summed E-state index contributed by atoms with van der Waals surface area (Å²) in [5.74, 6) is -0.0238. The zero-order valence-corrected chi connectivity index (χ0v) is 18.3. The van der Waals surface area contributed by atoms with Crippen LogP contribution >= 0.6 is 0 Å². The predicted octanol–water partition coefficient (Wildman–Crippen LogP) is 4.76. The maximum atomic E-state index is 13.3. The van der Waals surface area contributed by atoms with E-state index in [-0.39, 0.29) is 31.4 Å². The number of hydrogen-bond acceptors (Lipinski definition) is 4. The molecule has 7 nitrogen and oxygen atoms in total. The Labute approximate surface area is 192 Å². The van der Waals surface area contributed by atoms with E-state index in [1.165, 1.54) is 23.3 Å². The van der Waals surface area contributed by atoms with Crippen molar-refractivity contribution in [3.05, 3.63) is 89.6 Å². The standard InChI is InChI=1S/C25H25FN4O3/c1-2-12-29(25(32)28-22-6-3-5-20(14-22)15-27)18-24(31)30(17-23-7-4-13-33-23)16-19-8-10-21(26)11-9-19/h3-11,13-14H,2,12,16-18H2,1H3,(H,28,32). The van der Waals surface area contributed by atoms with E-state index < -0.39 is 6.03 Å². The Morgan fingerprint density at radius 1 is 1.06 bits per heavy atom. The highest BCUT2D eigenvalue weighted by Gasteiger charge is 2.22. The van der Waals surface area contributed by atoms with Gasteiger partial charge in [-0.3, -0.25) is 4.79 Å². The van der Waals surface area contributed by atoms with Gasteiger partial charge in [-0.05, 0) is 54.4 Å². The van der Waals surface area contributed by atoms with Gasteiger partial charge >= 0.3 is 6.03 Å². The van der Waals surface area contributed by atoms with Crippen molar-refractivity contribution in [3.8, 4) is 6.07 Å². The summed E-state index contributed by atoms with van der Waals surface area (Å²) in [6.07, 6.45) is 2.19. The van der Waals surface area contributed by atoms with Crippen molar-refractivity contribution in [1.82, 2.24) is 9.80 Å². The lowest BCUT2D eigenvalue weighted by Gasteiger charge is -2.27. The Bertz CT molecular complexity index is 1110. The van der Waals surface area contributed by atoms with E-state index in [1.807, 2.05) is 13.0 Å². The highest BCUT2D eigenvalue weighted by atomic mass is 19.1. The van der Waals surface area contributed by atoms with Crippen LogP contribution in [-0.4, -0.2) is 34.8 Å². The number of urea groups is 1. The van der Waals surface area contributed by atoms with Gasteiger partial charge in [0.05, 0.1) is 24.4 Å². The second-order valence-electron chi connectivity index (χ2n) is 7.50. The molecule has 2 aromatic carbocycles. The lowest BCUT2D eigenvalue weighted by atomic mass is 10.2. The molecular formula is C25H25FN4O3. The zero-order valence-electron chi connectivity index (χ0n) is 18.3. The van der Waals surface area contributed by atoms with Crippen LogP contribution in [0.25, 0.3) is 0 Å². The summed E-state index contributed by atoms with van der Waals surface area (Å²) in [5.41, 5.74) is 1.66. The van der Waals surface area contributed by atoms with Gasteiger partial charge in [-0.1, -0.05) is 25.1 Å². The number of carbonyl (C=O) groups excluding carboxylic acids is 2. The summed E-state index contributed by atoms with van der Waals surface area (Å²) in [7, 11) is 0. The first-order valence-electron chi connectivity index (χ1n) is 10.6. The normalized spacial score (nSPS) is 10.3. The number of nitriles is 1. The van der Waals surface area contributed by atoms with Crippen molar-refractivity contribution in [2.45, 2.75) is 26.4 Å². The number of amides is 3. The molecular weight excluding hydrogens is 423 g/mol. The molecule has 0 aliphatic carbocycles. The third kappa shape index (κ3) is 6.94. The monoisotopic (exact) mass is 448 g/mol. The molecule has 3 amide bonds. The largest absolute Gasteiger partial charge is 0.467 e. The second-order valence-corrected chi connectivity index (χ2v) is 7.50. The number of rotatable bonds is 9. The molecule has 8 heteroatoms. The number of nitrogens with one attached hydrogen (secondary N) is 1. The van der Waals surface area contributed by atoms with Gasteiger partial charge in [0.25, 0.3) is 0 Å². The van der Waals surface area contributed by atoms with Crippen LogP contribution in [0, 0.1) is 17.1 Å². The van der Waals surface area contributed by atoms with Gasteiger partial charge in [-0.15, -0.1) is 0 Å². The Balaban J connectivity index is 1.73. The van der Waals surface area contributed by atoms with E-state index >= 15 is 0 Å². The fourth-order valence-electron chi connectivity index (χ4n) is 3.29. The molecule has 3 rings (SSSR count). The van der Waals surface area contributed by atoms with Gasteiger partial charge in [0.15, 0.2) is 0 Å². The van der Waals surface area contributed by atoms with Crippen LogP contribution < -0.4 is 5.32 Å². The van der Waals surface area contributed by atoms with Crippen molar-refractivity contribution < 1.29 is 18.4 Å². The van der Waals surface area contributed by atoms with E-state index in [0.29, 0.717) is 30.0 Å². The summed E-state index contributed by atoms with van der Waals surface area (Å²) in [6, 6.07) is 17.6. The maximum absolute atomic E-state index is 13.3. The van der Waals surface area contributed by atoms with Gasteiger partial charge in [-0.2, -0.15) is 5.26 Å². The molecule has 0 atom stereocenters. The predicted molar refractivity (Wildman–Crippen MR) is 121 cm³/mol. The Morgan fingerprint density at radius 2 is 1.85 bits per heavy atom. The lowest BCUT2D eigenvalue weighted by Crippen LogP contribution is -2.44. The molecule has 0 saturated carbocycles. The van der Waals surface area contributed by atoms with E-state index in [4.69, 9.17) is 9.68 Å². The number of halogens is 1. The minimum absolute atomic E-state index is 0.139. The number of anilines is 1. The van der Waals surface area contributed by atoms with E-state index in [0.717, 1.165) is 5.56 Å². The second kappa shape index (κ2) is 11.5. The number of benzene rings is 2. The fraction of sp³-hybridized carbons (Fsp3) is 0.240.